The van der Waals surface area contributed by atoms with E-state index in [-0.39, 0.29) is 12.2 Å². The van der Waals surface area contributed by atoms with E-state index in [9.17, 15) is 4.79 Å². The SMILES string of the molecule is N#CCC(=O)c1ccc2c(c1)CCO2. The van der Waals surface area contributed by atoms with Crippen molar-refractivity contribution in [3.63, 3.8) is 0 Å². The Balaban J connectivity index is 2.29. The molecule has 1 aliphatic rings. The zero-order valence-corrected chi connectivity index (χ0v) is 7.62. The van der Waals surface area contributed by atoms with Gasteiger partial charge in [0.1, 0.15) is 5.75 Å². The van der Waals surface area contributed by atoms with E-state index in [1.165, 1.54) is 0 Å². The normalized spacial score (nSPS) is 12.8. The van der Waals surface area contributed by atoms with Gasteiger partial charge in [-0.15, -0.1) is 0 Å². The first-order valence-corrected chi connectivity index (χ1v) is 4.47. The molecular weight excluding hydrogens is 178 g/mol. The van der Waals surface area contributed by atoms with Crippen LogP contribution in [0.1, 0.15) is 22.3 Å². The van der Waals surface area contributed by atoms with Gasteiger partial charge in [0.05, 0.1) is 19.1 Å². The van der Waals surface area contributed by atoms with Crippen molar-refractivity contribution in [3.05, 3.63) is 29.3 Å². The summed E-state index contributed by atoms with van der Waals surface area (Å²) in [5.74, 6) is 0.737. The average Bonchev–Trinajstić information content (AvgIpc) is 2.64. The fourth-order valence-corrected chi connectivity index (χ4v) is 1.53. The molecule has 0 radical (unpaired) electrons. The monoisotopic (exact) mass is 187 g/mol. The van der Waals surface area contributed by atoms with Crippen molar-refractivity contribution < 1.29 is 9.53 Å². The first-order chi connectivity index (χ1) is 6.81. The summed E-state index contributed by atoms with van der Waals surface area (Å²) in [5.41, 5.74) is 1.67. The van der Waals surface area contributed by atoms with Gasteiger partial charge < -0.3 is 4.74 Å². The molecular formula is C11H9NO2. The van der Waals surface area contributed by atoms with Gasteiger partial charge >= 0.3 is 0 Å². The molecule has 70 valence electrons. The standard InChI is InChI=1S/C11H9NO2/c12-5-3-10(13)8-1-2-11-9(7-8)4-6-14-11/h1-2,7H,3-4,6H2. The van der Waals surface area contributed by atoms with Crippen LogP contribution in [-0.4, -0.2) is 12.4 Å². The van der Waals surface area contributed by atoms with Crippen molar-refractivity contribution in [2.24, 2.45) is 0 Å². The van der Waals surface area contributed by atoms with Crippen LogP contribution in [0.5, 0.6) is 5.75 Å². The summed E-state index contributed by atoms with van der Waals surface area (Å²) in [4.78, 5) is 11.4. The number of carbonyl (C=O) groups is 1. The second-order valence-corrected chi connectivity index (χ2v) is 3.18. The van der Waals surface area contributed by atoms with Gasteiger partial charge in [0.15, 0.2) is 5.78 Å². The van der Waals surface area contributed by atoms with Gasteiger partial charge in [0, 0.05) is 12.0 Å². The van der Waals surface area contributed by atoms with Gasteiger partial charge in [0.25, 0.3) is 0 Å². The molecule has 0 amide bonds. The van der Waals surface area contributed by atoms with E-state index in [1.54, 1.807) is 12.1 Å². The van der Waals surface area contributed by atoms with Crippen LogP contribution < -0.4 is 4.74 Å². The molecule has 1 aliphatic heterocycles. The Morgan fingerprint density at radius 1 is 1.57 bits per heavy atom. The molecule has 0 bridgehead atoms. The molecule has 0 fully saturated rings. The lowest BCUT2D eigenvalue weighted by Gasteiger charge is -2.00. The third-order valence-electron chi connectivity index (χ3n) is 2.25. The second-order valence-electron chi connectivity index (χ2n) is 3.18. The Kier molecular flexibility index (Phi) is 2.19. The Morgan fingerprint density at radius 2 is 2.43 bits per heavy atom. The smallest absolute Gasteiger partial charge is 0.176 e. The number of nitrogens with zero attached hydrogens (tertiary/aromatic N) is 1. The quantitative estimate of drug-likeness (QED) is 0.662. The Hall–Kier alpha value is -1.82. The molecule has 0 spiro atoms. The molecule has 0 atom stereocenters. The Bertz CT molecular complexity index is 418. The number of benzene rings is 1. The molecule has 3 nitrogen and oxygen atoms in total. The van der Waals surface area contributed by atoms with E-state index in [0.717, 1.165) is 17.7 Å². The van der Waals surface area contributed by atoms with Crippen molar-refractivity contribution in [2.45, 2.75) is 12.8 Å². The van der Waals surface area contributed by atoms with Crippen LogP contribution in [0.4, 0.5) is 0 Å². The molecule has 0 aliphatic carbocycles. The van der Waals surface area contributed by atoms with Crippen molar-refractivity contribution >= 4 is 5.78 Å². The number of ether oxygens (including phenoxy) is 1. The molecule has 3 heteroatoms. The Labute approximate surface area is 81.9 Å². The molecule has 0 aromatic heterocycles. The fourth-order valence-electron chi connectivity index (χ4n) is 1.53. The van der Waals surface area contributed by atoms with Crippen molar-refractivity contribution in [1.82, 2.24) is 0 Å². The summed E-state index contributed by atoms with van der Waals surface area (Å²) in [7, 11) is 0. The van der Waals surface area contributed by atoms with Crippen molar-refractivity contribution in [2.75, 3.05) is 6.61 Å². The lowest BCUT2D eigenvalue weighted by atomic mass is 10.0. The summed E-state index contributed by atoms with van der Waals surface area (Å²) in [6, 6.07) is 7.18. The highest BCUT2D eigenvalue weighted by Crippen LogP contribution is 2.26. The molecule has 0 N–H and O–H groups in total. The van der Waals surface area contributed by atoms with Crippen LogP contribution in [0.3, 0.4) is 0 Å². The number of hydrogen-bond donors (Lipinski definition) is 0. The van der Waals surface area contributed by atoms with Crippen LogP contribution in [0.15, 0.2) is 18.2 Å². The summed E-state index contributed by atoms with van der Waals surface area (Å²) in [6.45, 7) is 0.686. The number of ketones is 1. The van der Waals surface area contributed by atoms with E-state index >= 15 is 0 Å². The maximum absolute atomic E-state index is 11.4. The number of nitriles is 1. The largest absolute Gasteiger partial charge is 0.493 e. The lowest BCUT2D eigenvalue weighted by Crippen LogP contribution is -1.97. The van der Waals surface area contributed by atoms with Crippen LogP contribution >= 0.6 is 0 Å². The van der Waals surface area contributed by atoms with Gasteiger partial charge in [-0.05, 0) is 23.8 Å². The molecule has 2 rings (SSSR count). The third kappa shape index (κ3) is 1.47. The van der Waals surface area contributed by atoms with Gasteiger partial charge in [-0.25, -0.2) is 0 Å². The predicted molar refractivity (Wildman–Crippen MR) is 50.2 cm³/mol. The summed E-state index contributed by atoms with van der Waals surface area (Å²) >= 11 is 0. The third-order valence-corrected chi connectivity index (χ3v) is 2.25. The van der Waals surface area contributed by atoms with E-state index in [0.29, 0.717) is 12.2 Å². The molecule has 0 unspecified atom stereocenters. The molecule has 0 saturated carbocycles. The van der Waals surface area contributed by atoms with Crippen LogP contribution in [0.25, 0.3) is 0 Å². The van der Waals surface area contributed by atoms with Gasteiger partial charge in [-0.1, -0.05) is 0 Å². The zero-order valence-electron chi connectivity index (χ0n) is 7.62. The summed E-state index contributed by atoms with van der Waals surface area (Å²) < 4.78 is 5.32. The topological polar surface area (TPSA) is 50.1 Å². The van der Waals surface area contributed by atoms with Crippen molar-refractivity contribution in [1.29, 1.82) is 5.26 Å². The Morgan fingerprint density at radius 3 is 3.21 bits per heavy atom. The first-order valence-electron chi connectivity index (χ1n) is 4.47. The second kappa shape index (κ2) is 3.51. The lowest BCUT2D eigenvalue weighted by molar-refractivity contribution is 0.0997. The minimum Gasteiger partial charge on any atom is -0.493 e. The highest BCUT2D eigenvalue weighted by atomic mass is 16.5. The minimum atomic E-state index is -0.123. The molecule has 1 heterocycles. The predicted octanol–water partition coefficient (Wildman–Crippen LogP) is 1.72. The molecule has 14 heavy (non-hydrogen) atoms. The van der Waals surface area contributed by atoms with E-state index in [1.807, 2.05) is 12.1 Å². The maximum Gasteiger partial charge on any atom is 0.176 e. The number of rotatable bonds is 2. The van der Waals surface area contributed by atoms with Crippen molar-refractivity contribution in [3.8, 4) is 11.8 Å². The van der Waals surface area contributed by atoms with Crippen LogP contribution in [0.2, 0.25) is 0 Å². The fraction of sp³-hybridized carbons (Fsp3) is 0.273. The zero-order chi connectivity index (χ0) is 9.97. The van der Waals surface area contributed by atoms with E-state index in [2.05, 4.69) is 0 Å². The number of hydrogen-bond acceptors (Lipinski definition) is 3. The van der Waals surface area contributed by atoms with Gasteiger partial charge in [0.2, 0.25) is 0 Å². The maximum atomic E-state index is 11.4. The average molecular weight is 187 g/mol. The molecule has 0 saturated heterocycles. The molecule has 1 aromatic rings. The minimum absolute atomic E-state index is 0.0559. The summed E-state index contributed by atoms with van der Waals surface area (Å²) in [5, 5.41) is 8.40. The highest BCUT2D eigenvalue weighted by molar-refractivity contribution is 5.97. The van der Waals surface area contributed by atoms with E-state index < -0.39 is 0 Å². The molecule has 1 aromatic carbocycles. The number of fused-ring (bicyclic) bond motifs is 1. The van der Waals surface area contributed by atoms with Crippen LogP contribution in [0, 0.1) is 11.3 Å². The van der Waals surface area contributed by atoms with Gasteiger partial charge in [-0.3, -0.25) is 4.79 Å². The van der Waals surface area contributed by atoms with E-state index in [4.69, 9.17) is 10.00 Å². The first kappa shape index (κ1) is 8.76. The van der Waals surface area contributed by atoms with Crippen LogP contribution in [-0.2, 0) is 6.42 Å². The highest BCUT2D eigenvalue weighted by Gasteiger charge is 2.14. The number of Topliss-reactive ketones (excluding diaryl/α,β-unsaturated/α-hetero) is 1. The summed E-state index contributed by atoms with van der Waals surface area (Å²) in [6.07, 6.45) is 0.794. The number of carbonyl (C=O) groups excluding carboxylic acids is 1. The van der Waals surface area contributed by atoms with Gasteiger partial charge in [-0.2, -0.15) is 5.26 Å².